The Morgan fingerprint density at radius 3 is 2.21 bits per heavy atom. The van der Waals surface area contributed by atoms with E-state index >= 15 is 0 Å². The maximum Gasteiger partial charge on any atom is 0.128 e. The van der Waals surface area contributed by atoms with E-state index in [4.69, 9.17) is 11.6 Å². The standard InChI is InChI=1S/C11H18ClNSi/c1-4-14(5-2,6-3)10-8-7-9-13-11(10)12/h7-9H,4-6H2,1-3H3. The first-order chi connectivity index (χ1) is 6.70. The molecule has 0 radical (unpaired) electrons. The second kappa shape index (κ2) is 4.94. The maximum absolute atomic E-state index is 6.17. The minimum atomic E-state index is -1.33. The zero-order valence-corrected chi connectivity index (χ0v) is 10.9. The quantitative estimate of drug-likeness (QED) is 0.567. The van der Waals surface area contributed by atoms with Crippen LogP contribution >= 0.6 is 11.6 Å². The van der Waals surface area contributed by atoms with Gasteiger partial charge < -0.3 is 0 Å². The highest BCUT2D eigenvalue weighted by atomic mass is 35.5. The van der Waals surface area contributed by atoms with Crippen molar-refractivity contribution in [2.75, 3.05) is 0 Å². The molecule has 3 heteroatoms. The van der Waals surface area contributed by atoms with Gasteiger partial charge in [-0.3, -0.25) is 0 Å². The Kier molecular flexibility index (Phi) is 4.14. The Bertz CT molecular complexity index is 289. The molecule has 1 aromatic heterocycles. The summed E-state index contributed by atoms with van der Waals surface area (Å²) >= 11 is 6.17. The summed E-state index contributed by atoms with van der Waals surface area (Å²) < 4.78 is 0. The third-order valence-electron chi connectivity index (χ3n) is 3.36. The van der Waals surface area contributed by atoms with Crippen molar-refractivity contribution in [3.63, 3.8) is 0 Å². The van der Waals surface area contributed by atoms with Crippen molar-refractivity contribution >= 4 is 24.9 Å². The van der Waals surface area contributed by atoms with Crippen molar-refractivity contribution < 1.29 is 0 Å². The number of rotatable bonds is 4. The van der Waals surface area contributed by atoms with Crippen LogP contribution in [-0.4, -0.2) is 13.1 Å². The minimum absolute atomic E-state index is 0.727. The Balaban J connectivity index is 3.17. The highest BCUT2D eigenvalue weighted by Gasteiger charge is 2.31. The van der Waals surface area contributed by atoms with Gasteiger partial charge in [-0.05, 0) is 11.3 Å². The lowest BCUT2D eigenvalue weighted by molar-refractivity contribution is 1.19. The normalized spacial score (nSPS) is 11.7. The SMILES string of the molecule is CC[Si](CC)(CC)c1cccnc1Cl. The molecule has 0 aromatic carbocycles. The molecule has 0 saturated heterocycles. The third-order valence-corrected chi connectivity index (χ3v) is 9.43. The van der Waals surface area contributed by atoms with Gasteiger partial charge in [-0.1, -0.05) is 56.6 Å². The van der Waals surface area contributed by atoms with E-state index in [9.17, 15) is 0 Å². The number of hydrogen-bond acceptors (Lipinski definition) is 1. The topological polar surface area (TPSA) is 12.9 Å². The maximum atomic E-state index is 6.17. The molecule has 0 aliphatic rings. The minimum Gasteiger partial charge on any atom is -0.245 e. The summed E-state index contributed by atoms with van der Waals surface area (Å²) in [5.41, 5.74) is 0. The molecule has 1 heterocycles. The van der Waals surface area contributed by atoms with Crippen LogP contribution in [-0.2, 0) is 0 Å². The van der Waals surface area contributed by atoms with E-state index in [1.165, 1.54) is 23.3 Å². The van der Waals surface area contributed by atoms with E-state index in [0.29, 0.717) is 0 Å². The number of nitrogens with zero attached hydrogens (tertiary/aromatic N) is 1. The van der Waals surface area contributed by atoms with E-state index in [-0.39, 0.29) is 0 Å². The number of halogens is 1. The Morgan fingerprint density at radius 1 is 1.21 bits per heavy atom. The van der Waals surface area contributed by atoms with Gasteiger partial charge in [0.15, 0.2) is 0 Å². The molecule has 0 spiro atoms. The molecular formula is C11H18ClNSi. The molecule has 0 N–H and O–H groups in total. The summed E-state index contributed by atoms with van der Waals surface area (Å²) in [4.78, 5) is 4.19. The predicted octanol–water partition coefficient (Wildman–Crippen LogP) is 3.45. The van der Waals surface area contributed by atoms with Crippen molar-refractivity contribution in [2.45, 2.75) is 38.9 Å². The van der Waals surface area contributed by atoms with Gasteiger partial charge in [-0.15, -0.1) is 0 Å². The molecular weight excluding hydrogens is 210 g/mol. The van der Waals surface area contributed by atoms with Gasteiger partial charge >= 0.3 is 0 Å². The van der Waals surface area contributed by atoms with Gasteiger partial charge in [0, 0.05) is 6.20 Å². The van der Waals surface area contributed by atoms with E-state index in [0.717, 1.165) is 5.15 Å². The van der Waals surface area contributed by atoms with Crippen molar-refractivity contribution in [2.24, 2.45) is 0 Å². The van der Waals surface area contributed by atoms with Gasteiger partial charge in [-0.25, -0.2) is 4.98 Å². The first-order valence-electron chi connectivity index (χ1n) is 5.31. The lowest BCUT2D eigenvalue weighted by Gasteiger charge is -2.28. The van der Waals surface area contributed by atoms with Crippen molar-refractivity contribution in [1.82, 2.24) is 4.98 Å². The van der Waals surface area contributed by atoms with Crippen LogP contribution in [0.3, 0.4) is 0 Å². The van der Waals surface area contributed by atoms with Crippen LogP contribution in [0.15, 0.2) is 18.3 Å². The smallest absolute Gasteiger partial charge is 0.128 e. The summed E-state index contributed by atoms with van der Waals surface area (Å²) in [5, 5.41) is 2.07. The van der Waals surface area contributed by atoms with Crippen LogP contribution in [0.5, 0.6) is 0 Å². The molecule has 0 aliphatic heterocycles. The zero-order chi connectivity index (χ0) is 10.6. The summed E-state index contributed by atoms with van der Waals surface area (Å²) in [5.74, 6) is 0. The van der Waals surface area contributed by atoms with Crippen molar-refractivity contribution in [1.29, 1.82) is 0 Å². The van der Waals surface area contributed by atoms with Crippen molar-refractivity contribution in [3.05, 3.63) is 23.5 Å². The lowest BCUT2D eigenvalue weighted by atomic mass is 10.5. The van der Waals surface area contributed by atoms with Gasteiger partial charge in [0.1, 0.15) is 5.15 Å². The molecule has 1 nitrogen and oxygen atoms in total. The van der Waals surface area contributed by atoms with Gasteiger partial charge in [0.2, 0.25) is 0 Å². The molecule has 0 amide bonds. The average Bonchev–Trinajstić information content (AvgIpc) is 2.24. The first kappa shape index (κ1) is 11.7. The second-order valence-electron chi connectivity index (χ2n) is 3.68. The first-order valence-corrected chi connectivity index (χ1v) is 8.31. The number of aromatic nitrogens is 1. The Hall–Kier alpha value is -0.343. The third kappa shape index (κ3) is 2.01. The van der Waals surface area contributed by atoms with E-state index in [1.54, 1.807) is 6.20 Å². The molecule has 0 unspecified atom stereocenters. The van der Waals surface area contributed by atoms with Gasteiger partial charge in [0.25, 0.3) is 0 Å². The van der Waals surface area contributed by atoms with E-state index < -0.39 is 8.07 Å². The zero-order valence-electron chi connectivity index (χ0n) is 9.18. The molecule has 0 fully saturated rings. The number of hydrogen-bond donors (Lipinski definition) is 0. The molecule has 1 rings (SSSR count). The Labute approximate surface area is 92.5 Å². The highest BCUT2D eigenvalue weighted by molar-refractivity contribution is 6.92. The van der Waals surface area contributed by atoms with E-state index in [1.807, 2.05) is 6.07 Å². The fourth-order valence-corrected chi connectivity index (χ4v) is 6.42. The molecule has 0 atom stereocenters. The summed E-state index contributed by atoms with van der Waals surface area (Å²) in [7, 11) is -1.33. The van der Waals surface area contributed by atoms with Gasteiger partial charge in [0.05, 0.1) is 8.07 Å². The highest BCUT2D eigenvalue weighted by Crippen LogP contribution is 2.22. The summed E-state index contributed by atoms with van der Waals surface area (Å²) in [6.07, 6.45) is 1.77. The average molecular weight is 228 g/mol. The molecule has 0 saturated carbocycles. The van der Waals surface area contributed by atoms with Crippen LogP contribution in [0.25, 0.3) is 0 Å². The van der Waals surface area contributed by atoms with Crippen molar-refractivity contribution in [3.8, 4) is 0 Å². The van der Waals surface area contributed by atoms with Gasteiger partial charge in [-0.2, -0.15) is 0 Å². The molecule has 14 heavy (non-hydrogen) atoms. The van der Waals surface area contributed by atoms with E-state index in [2.05, 4.69) is 31.8 Å². The second-order valence-corrected chi connectivity index (χ2v) is 9.26. The van der Waals surface area contributed by atoms with Crippen LogP contribution in [0.4, 0.5) is 0 Å². The molecule has 1 aromatic rings. The predicted molar refractivity (Wildman–Crippen MR) is 66.1 cm³/mol. The fraction of sp³-hybridized carbons (Fsp3) is 0.545. The molecule has 78 valence electrons. The van der Waals surface area contributed by atoms with Crippen LogP contribution in [0.2, 0.25) is 23.3 Å². The number of pyridine rings is 1. The van der Waals surface area contributed by atoms with Crippen LogP contribution < -0.4 is 5.19 Å². The fourth-order valence-electron chi connectivity index (χ4n) is 2.10. The van der Waals surface area contributed by atoms with Crippen LogP contribution in [0.1, 0.15) is 20.8 Å². The summed E-state index contributed by atoms with van der Waals surface area (Å²) in [6, 6.07) is 7.93. The Morgan fingerprint density at radius 2 is 1.79 bits per heavy atom. The largest absolute Gasteiger partial charge is 0.245 e. The summed E-state index contributed by atoms with van der Waals surface area (Å²) in [6.45, 7) is 6.84. The van der Waals surface area contributed by atoms with Crippen LogP contribution in [0, 0.1) is 0 Å². The monoisotopic (exact) mass is 227 g/mol. The molecule has 0 aliphatic carbocycles. The lowest BCUT2D eigenvalue weighted by Crippen LogP contribution is -2.46. The molecule has 0 bridgehead atoms.